The molecule has 4 heteroatoms. The zero-order chi connectivity index (χ0) is 10.6. The highest BCUT2D eigenvalue weighted by molar-refractivity contribution is 5.93. The van der Waals surface area contributed by atoms with Crippen molar-refractivity contribution in [3.8, 4) is 0 Å². The first-order valence-electron chi connectivity index (χ1n) is 4.43. The van der Waals surface area contributed by atoms with Gasteiger partial charge in [-0.05, 0) is 37.1 Å². The fraction of sp³-hybridized carbons (Fsp3) is 0.300. The van der Waals surface area contributed by atoms with Gasteiger partial charge in [-0.2, -0.15) is 0 Å². The molecule has 0 atom stereocenters. The highest BCUT2D eigenvalue weighted by Crippen LogP contribution is 2.11. The lowest BCUT2D eigenvalue weighted by Gasteiger charge is -2.02. The summed E-state index contributed by atoms with van der Waals surface area (Å²) in [6.45, 7) is 0.569. The minimum atomic E-state index is -0.743. The Morgan fingerprint density at radius 3 is 2.64 bits per heavy atom. The molecule has 0 fully saturated rings. The maximum absolute atomic E-state index is 13.2. The van der Waals surface area contributed by atoms with Crippen LogP contribution in [0.3, 0.4) is 0 Å². The summed E-state index contributed by atoms with van der Waals surface area (Å²) in [5, 5.41) is 0. The second-order valence-electron chi connectivity index (χ2n) is 3.07. The highest BCUT2D eigenvalue weighted by atomic mass is 19.1. The van der Waals surface area contributed by atoms with E-state index < -0.39 is 11.7 Å². The number of benzene rings is 1. The van der Waals surface area contributed by atoms with Crippen molar-refractivity contribution in [2.45, 2.75) is 12.8 Å². The van der Waals surface area contributed by atoms with Crippen molar-refractivity contribution in [1.29, 1.82) is 0 Å². The zero-order valence-electron chi connectivity index (χ0n) is 7.79. The first-order chi connectivity index (χ1) is 6.65. The summed E-state index contributed by atoms with van der Waals surface area (Å²) >= 11 is 0. The summed E-state index contributed by atoms with van der Waals surface area (Å²) in [4.78, 5) is 10.7. The molecule has 0 aromatic heterocycles. The number of nitrogens with two attached hydrogens (primary N) is 2. The van der Waals surface area contributed by atoms with Crippen LogP contribution >= 0.6 is 0 Å². The van der Waals surface area contributed by atoms with Crippen LogP contribution in [0.15, 0.2) is 18.2 Å². The Bertz CT molecular complexity index is 339. The molecule has 1 amide bonds. The molecular weight excluding hydrogens is 183 g/mol. The van der Waals surface area contributed by atoms with E-state index in [1.807, 2.05) is 0 Å². The fourth-order valence-electron chi connectivity index (χ4n) is 1.22. The Labute approximate surface area is 81.9 Å². The number of primary amides is 1. The molecule has 0 aliphatic carbocycles. The Balaban J connectivity index is 2.83. The van der Waals surface area contributed by atoms with E-state index in [-0.39, 0.29) is 5.56 Å². The van der Waals surface area contributed by atoms with Crippen molar-refractivity contribution >= 4 is 5.91 Å². The summed E-state index contributed by atoms with van der Waals surface area (Å²) in [6.07, 6.45) is 1.52. The van der Waals surface area contributed by atoms with Crippen molar-refractivity contribution in [2.75, 3.05) is 6.54 Å². The third-order valence-electron chi connectivity index (χ3n) is 1.97. The third kappa shape index (κ3) is 2.53. The molecule has 0 spiro atoms. The van der Waals surface area contributed by atoms with E-state index in [1.54, 1.807) is 6.07 Å². The van der Waals surface area contributed by atoms with Gasteiger partial charge in [0.05, 0.1) is 5.56 Å². The minimum Gasteiger partial charge on any atom is -0.366 e. The summed E-state index contributed by atoms with van der Waals surface area (Å²) in [6, 6.07) is 4.43. The molecular formula is C10H13FN2O. The second kappa shape index (κ2) is 4.72. The van der Waals surface area contributed by atoms with E-state index in [9.17, 15) is 9.18 Å². The number of amides is 1. The molecule has 0 heterocycles. The normalized spacial score (nSPS) is 10.1. The predicted molar refractivity (Wildman–Crippen MR) is 52.3 cm³/mol. The SMILES string of the molecule is NCCCc1ccc(C(N)=O)c(F)c1. The smallest absolute Gasteiger partial charge is 0.251 e. The van der Waals surface area contributed by atoms with Crippen LogP contribution in [-0.4, -0.2) is 12.5 Å². The van der Waals surface area contributed by atoms with E-state index >= 15 is 0 Å². The van der Waals surface area contributed by atoms with Crippen molar-refractivity contribution in [3.63, 3.8) is 0 Å². The highest BCUT2D eigenvalue weighted by Gasteiger charge is 2.07. The average molecular weight is 196 g/mol. The Kier molecular flexibility index (Phi) is 3.59. The van der Waals surface area contributed by atoms with Gasteiger partial charge in [0.1, 0.15) is 5.82 Å². The minimum absolute atomic E-state index is 0.0681. The number of halogens is 1. The summed E-state index contributed by atoms with van der Waals surface area (Å²) < 4.78 is 13.2. The van der Waals surface area contributed by atoms with Crippen molar-refractivity contribution in [3.05, 3.63) is 35.1 Å². The van der Waals surface area contributed by atoms with Gasteiger partial charge >= 0.3 is 0 Å². The molecule has 0 bridgehead atoms. The van der Waals surface area contributed by atoms with Crippen molar-refractivity contribution < 1.29 is 9.18 Å². The van der Waals surface area contributed by atoms with Crippen LogP contribution in [-0.2, 0) is 6.42 Å². The molecule has 0 unspecified atom stereocenters. The van der Waals surface area contributed by atoms with Gasteiger partial charge in [-0.25, -0.2) is 4.39 Å². The van der Waals surface area contributed by atoms with Gasteiger partial charge in [-0.3, -0.25) is 4.79 Å². The van der Waals surface area contributed by atoms with Crippen LogP contribution in [0.2, 0.25) is 0 Å². The Morgan fingerprint density at radius 1 is 1.43 bits per heavy atom. The number of carbonyl (C=O) groups is 1. The summed E-state index contributed by atoms with van der Waals surface area (Å²) in [5.41, 5.74) is 11.1. The molecule has 0 saturated carbocycles. The van der Waals surface area contributed by atoms with Crippen LogP contribution in [0.4, 0.5) is 4.39 Å². The Morgan fingerprint density at radius 2 is 2.14 bits per heavy atom. The topological polar surface area (TPSA) is 69.1 Å². The standard InChI is InChI=1S/C10H13FN2O/c11-9-6-7(2-1-5-12)3-4-8(9)10(13)14/h3-4,6H,1-2,5,12H2,(H2,13,14). The summed E-state index contributed by atoms with van der Waals surface area (Å²) in [7, 11) is 0. The predicted octanol–water partition coefficient (Wildman–Crippen LogP) is 0.816. The van der Waals surface area contributed by atoms with Crippen LogP contribution in [0, 0.1) is 5.82 Å². The molecule has 0 aliphatic heterocycles. The second-order valence-corrected chi connectivity index (χ2v) is 3.07. The van der Waals surface area contributed by atoms with Crippen LogP contribution in [0.5, 0.6) is 0 Å². The number of aryl methyl sites for hydroxylation is 1. The molecule has 1 aromatic carbocycles. The molecule has 0 saturated heterocycles. The van der Waals surface area contributed by atoms with Gasteiger partial charge in [0.25, 0.3) is 5.91 Å². The lowest BCUT2D eigenvalue weighted by Crippen LogP contribution is -2.13. The van der Waals surface area contributed by atoms with Gasteiger partial charge in [0.2, 0.25) is 0 Å². The van der Waals surface area contributed by atoms with Gasteiger partial charge in [-0.1, -0.05) is 6.07 Å². The third-order valence-corrected chi connectivity index (χ3v) is 1.97. The van der Waals surface area contributed by atoms with Gasteiger partial charge < -0.3 is 11.5 Å². The molecule has 4 N–H and O–H groups in total. The largest absolute Gasteiger partial charge is 0.366 e. The van der Waals surface area contributed by atoms with Crippen LogP contribution < -0.4 is 11.5 Å². The summed E-state index contributed by atoms with van der Waals surface area (Å²) in [5.74, 6) is -1.31. The molecule has 76 valence electrons. The van der Waals surface area contributed by atoms with Gasteiger partial charge in [0, 0.05) is 0 Å². The lowest BCUT2D eigenvalue weighted by atomic mass is 10.1. The quantitative estimate of drug-likeness (QED) is 0.748. The molecule has 1 aromatic rings. The number of rotatable bonds is 4. The van der Waals surface area contributed by atoms with E-state index in [0.717, 1.165) is 12.0 Å². The van der Waals surface area contributed by atoms with Gasteiger partial charge in [-0.15, -0.1) is 0 Å². The average Bonchev–Trinajstić information content (AvgIpc) is 2.14. The number of hydrogen-bond acceptors (Lipinski definition) is 2. The Hall–Kier alpha value is -1.42. The van der Waals surface area contributed by atoms with Gasteiger partial charge in [0.15, 0.2) is 0 Å². The van der Waals surface area contributed by atoms with E-state index in [4.69, 9.17) is 11.5 Å². The maximum Gasteiger partial charge on any atom is 0.251 e. The van der Waals surface area contributed by atoms with Crippen LogP contribution in [0.25, 0.3) is 0 Å². The molecule has 0 radical (unpaired) electrons. The fourth-order valence-corrected chi connectivity index (χ4v) is 1.22. The van der Waals surface area contributed by atoms with E-state index in [2.05, 4.69) is 0 Å². The van der Waals surface area contributed by atoms with Crippen molar-refractivity contribution in [2.24, 2.45) is 11.5 Å². The molecule has 0 aliphatic rings. The molecule has 1 rings (SSSR count). The zero-order valence-corrected chi connectivity index (χ0v) is 7.79. The van der Waals surface area contributed by atoms with Crippen LogP contribution in [0.1, 0.15) is 22.3 Å². The molecule has 3 nitrogen and oxygen atoms in total. The lowest BCUT2D eigenvalue weighted by molar-refractivity contribution is 0.0996. The number of hydrogen-bond donors (Lipinski definition) is 2. The monoisotopic (exact) mass is 196 g/mol. The number of carbonyl (C=O) groups excluding carboxylic acids is 1. The molecule has 14 heavy (non-hydrogen) atoms. The maximum atomic E-state index is 13.2. The van der Waals surface area contributed by atoms with Crippen molar-refractivity contribution in [1.82, 2.24) is 0 Å². The first-order valence-corrected chi connectivity index (χ1v) is 4.43. The van der Waals surface area contributed by atoms with E-state index in [0.29, 0.717) is 13.0 Å². The van der Waals surface area contributed by atoms with E-state index in [1.165, 1.54) is 12.1 Å². The first kappa shape index (κ1) is 10.7.